The van der Waals surface area contributed by atoms with Crippen molar-refractivity contribution in [1.82, 2.24) is 5.01 Å². The van der Waals surface area contributed by atoms with Gasteiger partial charge in [0.25, 0.3) is 11.6 Å². The number of carbonyl (C=O) groups excluding carboxylic acids is 1. The van der Waals surface area contributed by atoms with Crippen LogP contribution in [0.15, 0.2) is 35.4 Å². The summed E-state index contributed by atoms with van der Waals surface area (Å²) >= 11 is 0. The van der Waals surface area contributed by atoms with Gasteiger partial charge in [-0.05, 0) is 18.1 Å². The van der Waals surface area contributed by atoms with Crippen LogP contribution in [0.4, 0.5) is 13.2 Å². The van der Waals surface area contributed by atoms with E-state index in [4.69, 9.17) is 0 Å². The summed E-state index contributed by atoms with van der Waals surface area (Å²) in [5.41, 5.74) is -3.12. The maximum absolute atomic E-state index is 13.2. The summed E-state index contributed by atoms with van der Waals surface area (Å²) < 4.78 is 39.6. The van der Waals surface area contributed by atoms with Gasteiger partial charge in [0.2, 0.25) is 0 Å². The molecule has 0 spiro atoms. The number of aliphatic hydroxyl groups is 1. The van der Waals surface area contributed by atoms with Crippen molar-refractivity contribution in [3.63, 3.8) is 0 Å². The van der Waals surface area contributed by atoms with E-state index in [-0.39, 0.29) is 22.2 Å². The molecule has 0 fully saturated rings. The fraction of sp³-hybridized carbons (Fsp3) is 0.429. The van der Waals surface area contributed by atoms with Gasteiger partial charge in [-0.1, -0.05) is 32.0 Å². The first kappa shape index (κ1) is 15.5. The average Bonchev–Trinajstić information content (AvgIpc) is 2.78. The van der Waals surface area contributed by atoms with Gasteiger partial charge < -0.3 is 5.11 Å². The SMILES string of the molecule is CC(C)C1=NN(C(=O)c2ccccc2)[C@@](O)(C(F)(F)F)C1. The lowest BCUT2D eigenvalue weighted by molar-refractivity contribution is -0.297. The Balaban J connectivity index is 2.44. The zero-order chi connectivity index (χ0) is 15.8. The van der Waals surface area contributed by atoms with Gasteiger partial charge in [-0.2, -0.15) is 23.3 Å². The summed E-state index contributed by atoms with van der Waals surface area (Å²) in [5, 5.41) is 13.9. The maximum atomic E-state index is 13.2. The van der Waals surface area contributed by atoms with Crippen molar-refractivity contribution in [2.45, 2.75) is 32.2 Å². The number of alkyl halides is 3. The quantitative estimate of drug-likeness (QED) is 0.913. The molecule has 0 unspecified atom stereocenters. The Morgan fingerprint density at radius 3 is 2.38 bits per heavy atom. The Labute approximate surface area is 119 Å². The Hall–Kier alpha value is -1.89. The number of amides is 1. The molecule has 7 heteroatoms. The van der Waals surface area contributed by atoms with E-state index in [1.807, 2.05) is 0 Å². The van der Waals surface area contributed by atoms with Crippen molar-refractivity contribution in [1.29, 1.82) is 0 Å². The van der Waals surface area contributed by atoms with Crippen molar-refractivity contribution < 1.29 is 23.1 Å². The average molecular weight is 300 g/mol. The van der Waals surface area contributed by atoms with E-state index in [0.717, 1.165) is 0 Å². The molecule has 0 aromatic heterocycles. The lowest BCUT2D eigenvalue weighted by Crippen LogP contribution is -2.56. The van der Waals surface area contributed by atoms with Gasteiger partial charge in [0.15, 0.2) is 0 Å². The van der Waals surface area contributed by atoms with Crippen LogP contribution in [0, 0.1) is 5.92 Å². The second-order valence-corrected chi connectivity index (χ2v) is 5.22. The standard InChI is InChI=1S/C14H15F3N2O2/c1-9(2)11-8-13(21,14(15,16)17)19(18-11)12(20)10-6-4-3-5-7-10/h3-7,9,21H,8H2,1-2H3/t13-/m0/s1. The van der Waals surface area contributed by atoms with Crippen LogP contribution < -0.4 is 0 Å². The number of hydrogen-bond donors (Lipinski definition) is 1. The molecule has 1 aliphatic heterocycles. The number of nitrogens with zero attached hydrogens (tertiary/aromatic N) is 2. The smallest absolute Gasteiger partial charge is 0.362 e. The summed E-state index contributed by atoms with van der Waals surface area (Å²) in [6.45, 7) is 3.32. The fourth-order valence-electron chi connectivity index (χ4n) is 2.03. The predicted octanol–water partition coefficient (Wildman–Crippen LogP) is 2.80. The van der Waals surface area contributed by atoms with Crippen molar-refractivity contribution in [2.24, 2.45) is 11.0 Å². The van der Waals surface area contributed by atoms with Gasteiger partial charge in [0.1, 0.15) is 0 Å². The van der Waals surface area contributed by atoms with Gasteiger partial charge in [-0.15, -0.1) is 0 Å². The molecule has 1 N–H and O–H groups in total. The third kappa shape index (κ3) is 2.65. The number of halogens is 3. The topological polar surface area (TPSA) is 52.9 Å². The fourth-order valence-corrected chi connectivity index (χ4v) is 2.03. The van der Waals surface area contributed by atoms with E-state index in [2.05, 4.69) is 5.10 Å². The molecule has 21 heavy (non-hydrogen) atoms. The van der Waals surface area contributed by atoms with E-state index in [0.29, 0.717) is 0 Å². The molecule has 2 rings (SSSR count). The predicted molar refractivity (Wildman–Crippen MR) is 70.5 cm³/mol. The minimum absolute atomic E-state index is 0.0360. The summed E-state index contributed by atoms with van der Waals surface area (Å²) in [5.74, 6) is -1.28. The molecule has 0 saturated carbocycles. The van der Waals surface area contributed by atoms with E-state index in [9.17, 15) is 23.1 Å². The summed E-state index contributed by atoms with van der Waals surface area (Å²) in [4.78, 5) is 12.2. The van der Waals surface area contributed by atoms with Crippen LogP contribution in [0.2, 0.25) is 0 Å². The second kappa shape index (κ2) is 5.14. The van der Waals surface area contributed by atoms with Gasteiger partial charge in [0.05, 0.1) is 0 Å². The number of hydrogen-bond acceptors (Lipinski definition) is 3. The van der Waals surface area contributed by atoms with Crippen LogP contribution in [0.1, 0.15) is 30.6 Å². The molecule has 114 valence electrons. The van der Waals surface area contributed by atoms with Crippen LogP contribution in [0.5, 0.6) is 0 Å². The Morgan fingerprint density at radius 1 is 1.33 bits per heavy atom. The van der Waals surface area contributed by atoms with Crippen molar-refractivity contribution in [2.75, 3.05) is 0 Å². The van der Waals surface area contributed by atoms with Crippen molar-refractivity contribution in [3.8, 4) is 0 Å². The Kier molecular flexibility index (Phi) is 3.79. The molecular weight excluding hydrogens is 285 g/mol. The van der Waals surface area contributed by atoms with Gasteiger partial charge in [0, 0.05) is 17.7 Å². The molecule has 1 amide bonds. The van der Waals surface area contributed by atoms with Crippen LogP contribution >= 0.6 is 0 Å². The van der Waals surface area contributed by atoms with E-state index in [1.165, 1.54) is 24.3 Å². The first-order valence-corrected chi connectivity index (χ1v) is 6.43. The number of hydrazone groups is 1. The monoisotopic (exact) mass is 300 g/mol. The summed E-state index contributed by atoms with van der Waals surface area (Å²) in [6, 6.07) is 7.45. The largest absolute Gasteiger partial charge is 0.438 e. The number of carbonyl (C=O) groups is 1. The lowest BCUT2D eigenvalue weighted by atomic mass is 9.99. The number of rotatable bonds is 2. The van der Waals surface area contributed by atoms with Crippen LogP contribution in [0.25, 0.3) is 0 Å². The Bertz CT molecular complexity index is 569. The molecule has 0 saturated heterocycles. The van der Waals surface area contributed by atoms with E-state index < -0.39 is 24.2 Å². The highest BCUT2D eigenvalue weighted by molar-refractivity contribution is 5.98. The first-order chi connectivity index (χ1) is 9.67. The molecule has 0 radical (unpaired) electrons. The first-order valence-electron chi connectivity index (χ1n) is 6.43. The third-order valence-electron chi connectivity index (χ3n) is 3.34. The minimum atomic E-state index is -4.99. The zero-order valence-corrected chi connectivity index (χ0v) is 11.6. The van der Waals surface area contributed by atoms with Crippen molar-refractivity contribution in [3.05, 3.63) is 35.9 Å². The molecule has 1 atom stereocenters. The summed E-state index contributed by atoms with van der Waals surface area (Å²) in [7, 11) is 0. The normalized spacial score (nSPS) is 22.6. The molecule has 1 aromatic rings. The van der Waals surface area contributed by atoms with Crippen molar-refractivity contribution >= 4 is 11.6 Å². The highest BCUT2D eigenvalue weighted by Gasteiger charge is 2.63. The zero-order valence-electron chi connectivity index (χ0n) is 11.6. The van der Waals surface area contributed by atoms with Gasteiger partial charge >= 0.3 is 6.18 Å². The Morgan fingerprint density at radius 2 is 1.90 bits per heavy atom. The maximum Gasteiger partial charge on any atom is 0.438 e. The van der Waals surface area contributed by atoms with Crippen LogP contribution in [0.3, 0.4) is 0 Å². The van der Waals surface area contributed by atoms with Crippen LogP contribution in [-0.2, 0) is 0 Å². The highest BCUT2D eigenvalue weighted by atomic mass is 19.4. The molecule has 1 aliphatic rings. The minimum Gasteiger partial charge on any atom is -0.362 e. The van der Waals surface area contributed by atoms with Crippen LogP contribution in [-0.4, -0.2) is 33.6 Å². The molecule has 4 nitrogen and oxygen atoms in total. The highest BCUT2D eigenvalue weighted by Crippen LogP contribution is 2.41. The van der Waals surface area contributed by atoms with E-state index >= 15 is 0 Å². The second-order valence-electron chi connectivity index (χ2n) is 5.22. The molecule has 1 heterocycles. The lowest BCUT2D eigenvalue weighted by Gasteiger charge is -2.32. The molecule has 0 bridgehead atoms. The van der Waals surface area contributed by atoms with Gasteiger partial charge in [-0.25, -0.2) is 0 Å². The third-order valence-corrected chi connectivity index (χ3v) is 3.34. The van der Waals surface area contributed by atoms with Gasteiger partial charge in [-0.3, -0.25) is 4.79 Å². The summed E-state index contributed by atoms with van der Waals surface area (Å²) in [6.07, 6.45) is -5.72. The number of benzene rings is 1. The molecule has 1 aromatic carbocycles. The molecule has 0 aliphatic carbocycles. The van der Waals surface area contributed by atoms with E-state index in [1.54, 1.807) is 19.9 Å². The molecular formula is C14H15F3N2O2.